The fourth-order valence-electron chi connectivity index (χ4n) is 8.52. The molecule has 2 nitrogen and oxygen atoms in total. The normalized spacial score (nSPS) is 45.8. The summed E-state index contributed by atoms with van der Waals surface area (Å²) in [6.45, 7) is 9.85. The molecule has 0 spiro atoms. The molecular weight excluding hydrogens is 483 g/mol. The van der Waals surface area contributed by atoms with Gasteiger partial charge in [-0.2, -0.15) is 0 Å². The predicted octanol–water partition coefficient (Wildman–Crippen LogP) is 7.27. The molecule has 1 aliphatic heterocycles. The molecule has 3 heteroatoms. The first-order valence-electron chi connectivity index (χ1n) is 12.4. The summed E-state index contributed by atoms with van der Waals surface area (Å²) in [7, 11) is 0. The van der Waals surface area contributed by atoms with Crippen molar-refractivity contribution in [1.29, 1.82) is 0 Å². The number of carbonyl (C=O) groups excluding carboxylic acids is 1. The van der Waals surface area contributed by atoms with Crippen molar-refractivity contribution in [3.63, 3.8) is 0 Å². The van der Waals surface area contributed by atoms with Crippen LogP contribution in [0, 0.1) is 40.4 Å². The van der Waals surface area contributed by atoms with E-state index in [1.54, 1.807) is 5.57 Å². The molecule has 0 amide bonds. The summed E-state index contributed by atoms with van der Waals surface area (Å²) in [5.74, 6) is 5.56. The van der Waals surface area contributed by atoms with Crippen LogP contribution in [0.25, 0.3) is 0 Å². The number of ketones is 1. The van der Waals surface area contributed by atoms with E-state index in [9.17, 15) is 4.79 Å². The molecule has 5 aliphatic rings. The second-order valence-electron chi connectivity index (χ2n) is 11.8. The van der Waals surface area contributed by atoms with Crippen molar-refractivity contribution in [3.8, 4) is 0 Å². The van der Waals surface area contributed by atoms with E-state index in [0.29, 0.717) is 23.2 Å². The van der Waals surface area contributed by atoms with Gasteiger partial charge in [-0.1, -0.05) is 55.0 Å². The number of halogens is 1. The van der Waals surface area contributed by atoms with Gasteiger partial charge in [0.1, 0.15) is 11.9 Å². The molecule has 3 saturated carbocycles. The maximum atomic E-state index is 12.1. The van der Waals surface area contributed by atoms with Gasteiger partial charge in [0.15, 0.2) is 0 Å². The minimum atomic E-state index is 0.280. The van der Waals surface area contributed by atoms with Gasteiger partial charge >= 0.3 is 0 Å². The largest absolute Gasteiger partial charge is 0.494 e. The third kappa shape index (κ3) is 3.10. The highest BCUT2D eigenvalue weighted by atomic mass is 127. The Morgan fingerprint density at radius 3 is 2.83 bits per heavy atom. The summed E-state index contributed by atoms with van der Waals surface area (Å²) >= 11 is 2.51. The average Bonchev–Trinajstić information content (AvgIpc) is 3.20. The molecular formula is C27H39IO2. The van der Waals surface area contributed by atoms with E-state index in [1.165, 1.54) is 47.9 Å². The van der Waals surface area contributed by atoms with Crippen LogP contribution < -0.4 is 0 Å². The molecule has 0 bridgehead atoms. The average molecular weight is 523 g/mol. The smallest absolute Gasteiger partial charge is 0.136 e. The predicted molar refractivity (Wildman–Crippen MR) is 130 cm³/mol. The van der Waals surface area contributed by atoms with E-state index >= 15 is 0 Å². The molecule has 1 heterocycles. The molecule has 4 aliphatic carbocycles. The molecule has 0 aromatic rings. The number of carbonyl (C=O) groups is 1. The van der Waals surface area contributed by atoms with Crippen molar-refractivity contribution < 1.29 is 9.53 Å². The van der Waals surface area contributed by atoms with Crippen LogP contribution in [0.5, 0.6) is 0 Å². The molecule has 3 fully saturated rings. The van der Waals surface area contributed by atoms with Gasteiger partial charge in [0.05, 0.1) is 5.76 Å². The Hall–Kier alpha value is -0.320. The second-order valence-corrected chi connectivity index (χ2v) is 12.7. The molecule has 8 atom stereocenters. The monoisotopic (exact) mass is 522 g/mol. The zero-order valence-electron chi connectivity index (χ0n) is 19.3. The third-order valence-electron chi connectivity index (χ3n) is 10.3. The van der Waals surface area contributed by atoms with Gasteiger partial charge < -0.3 is 4.74 Å². The van der Waals surface area contributed by atoms with Gasteiger partial charge in [-0.05, 0) is 85.5 Å². The van der Waals surface area contributed by atoms with Crippen molar-refractivity contribution in [1.82, 2.24) is 0 Å². The lowest BCUT2D eigenvalue weighted by atomic mass is 9.47. The second kappa shape index (κ2) is 7.63. The van der Waals surface area contributed by atoms with Gasteiger partial charge in [-0.25, -0.2) is 0 Å². The van der Waals surface area contributed by atoms with Crippen molar-refractivity contribution in [2.75, 3.05) is 4.43 Å². The first kappa shape index (κ1) is 21.5. The Kier molecular flexibility index (Phi) is 5.47. The van der Waals surface area contributed by atoms with E-state index in [0.717, 1.165) is 49.4 Å². The van der Waals surface area contributed by atoms with Crippen LogP contribution in [-0.2, 0) is 9.53 Å². The topological polar surface area (TPSA) is 26.3 Å². The van der Waals surface area contributed by atoms with Gasteiger partial charge in [-0.15, -0.1) is 0 Å². The SMILES string of the molecule is CC1=C(CC[C@@H](C)CI)O[C@H]2C[C@H]3[C@@H]4CC=C5CC(=O)CC[C@]5(C)[C@H]4CC[C@]3(C)[C@@H]12. The highest BCUT2D eigenvalue weighted by Crippen LogP contribution is 2.68. The van der Waals surface area contributed by atoms with Gasteiger partial charge in [-0.3, -0.25) is 4.79 Å². The Morgan fingerprint density at radius 2 is 2.07 bits per heavy atom. The van der Waals surface area contributed by atoms with E-state index in [2.05, 4.69) is 56.4 Å². The Labute approximate surface area is 196 Å². The summed E-state index contributed by atoms with van der Waals surface area (Å²) < 4.78 is 7.93. The Morgan fingerprint density at radius 1 is 1.27 bits per heavy atom. The maximum Gasteiger partial charge on any atom is 0.136 e. The maximum absolute atomic E-state index is 12.1. The van der Waals surface area contributed by atoms with E-state index in [-0.39, 0.29) is 5.41 Å². The number of hydrogen-bond donors (Lipinski definition) is 0. The quantitative estimate of drug-likeness (QED) is 0.221. The number of hydrogen-bond acceptors (Lipinski definition) is 2. The standard InChI is InChI=1S/C27H39IO2/c1-16(15-28)5-8-23-17(2)25-24(30-23)14-22-20-7-6-18-13-19(29)9-11-26(18,3)21(20)10-12-27(22,25)4/h6,16,20-22,24-25H,5,7-15H2,1-4H3/t16-,20-,21+,22+,24+,25+,26+,27+/m1/s1. The highest BCUT2D eigenvalue weighted by Gasteiger charge is 2.63. The molecule has 5 rings (SSSR count). The third-order valence-corrected chi connectivity index (χ3v) is 11.8. The van der Waals surface area contributed by atoms with Crippen molar-refractivity contribution in [3.05, 3.63) is 23.0 Å². The minimum absolute atomic E-state index is 0.280. The molecule has 0 saturated heterocycles. The van der Waals surface area contributed by atoms with Crippen molar-refractivity contribution in [2.24, 2.45) is 40.4 Å². The van der Waals surface area contributed by atoms with Crippen LogP contribution in [0.2, 0.25) is 0 Å². The first-order valence-corrected chi connectivity index (χ1v) is 13.9. The van der Waals surface area contributed by atoms with Crippen LogP contribution in [0.1, 0.15) is 85.5 Å². The van der Waals surface area contributed by atoms with Crippen molar-refractivity contribution in [2.45, 2.75) is 91.6 Å². The molecule has 0 radical (unpaired) electrons. The zero-order valence-corrected chi connectivity index (χ0v) is 21.5. The minimum Gasteiger partial charge on any atom is -0.494 e. The van der Waals surface area contributed by atoms with Gasteiger partial charge in [0.25, 0.3) is 0 Å². The number of ether oxygens (including phenoxy) is 1. The number of Topliss-reactive ketones (excluding diaryl/α,β-unsaturated/α-hetero) is 1. The lowest BCUT2D eigenvalue weighted by Gasteiger charge is -2.57. The summed E-state index contributed by atoms with van der Waals surface area (Å²) in [5, 5.41) is 0. The Bertz CT molecular complexity index is 797. The molecule has 166 valence electrons. The Balaban J connectivity index is 1.39. The summed E-state index contributed by atoms with van der Waals surface area (Å²) in [4.78, 5) is 12.1. The highest BCUT2D eigenvalue weighted by molar-refractivity contribution is 14.1. The summed E-state index contributed by atoms with van der Waals surface area (Å²) in [6.07, 6.45) is 13.1. The summed E-state index contributed by atoms with van der Waals surface area (Å²) in [5.41, 5.74) is 3.76. The van der Waals surface area contributed by atoms with Crippen molar-refractivity contribution >= 4 is 28.4 Å². The molecule has 0 aromatic carbocycles. The lowest BCUT2D eigenvalue weighted by molar-refractivity contribution is -0.122. The van der Waals surface area contributed by atoms with Gasteiger partial charge in [0.2, 0.25) is 0 Å². The number of fused-ring (bicyclic) bond motifs is 7. The lowest BCUT2D eigenvalue weighted by Crippen LogP contribution is -2.50. The van der Waals surface area contributed by atoms with Crippen LogP contribution in [0.4, 0.5) is 0 Å². The molecule has 0 N–H and O–H groups in total. The van der Waals surface area contributed by atoms with E-state index in [4.69, 9.17) is 4.74 Å². The first-order chi connectivity index (χ1) is 14.3. The van der Waals surface area contributed by atoms with Crippen LogP contribution in [0.3, 0.4) is 0 Å². The fourth-order valence-corrected chi connectivity index (χ4v) is 8.96. The zero-order chi connectivity index (χ0) is 21.3. The number of alkyl halides is 1. The molecule has 30 heavy (non-hydrogen) atoms. The van der Waals surface area contributed by atoms with Crippen LogP contribution in [-0.4, -0.2) is 16.3 Å². The molecule has 0 aromatic heterocycles. The fraction of sp³-hybridized carbons (Fsp3) is 0.815. The summed E-state index contributed by atoms with van der Waals surface area (Å²) in [6, 6.07) is 0. The van der Waals surface area contributed by atoms with E-state index < -0.39 is 0 Å². The number of rotatable bonds is 4. The van der Waals surface area contributed by atoms with Crippen LogP contribution >= 0.6 is 22.6 Å². The molecule has 0 unspecified atom stereocenters. The van der Waals surface area contributed by atoms with Gasteiger partial charge in [0, 0.05) is 29.6 Å². The van der Waals surface area contributed by atoms with E-state index in [1.807, 2.05) is 0 Å². The van der Waals surface area contributed by atoms with Crippen LogP contribution in [0.15, 0.2) is 23.0 Å². The number of allylic oxidation sites excluding steroid dienone is 3.